The maximum Gasteiger partial charge on any atom is 0.144 e. The summed E-state index contributed by atoms with van der Waals surface area (Å²) in [4.78, 5) is 9.49. The molecule has 0 spiro atoms. The summed E-state index contributed by atoms with van der Waals surface area (Å²) < 4.78 is 0.985. The van der Waals surface area contributed by atoms with Crippen LogP contribution in [0, 0.1) is 0 Å². The highest BCUT2D eigenvalue weighted by Gasteiger charge is 2.06. The first-order valence-electron chi connectivity index (χ1n) is 5.36. The van der Waals surface area contributed by atoms with E-state index in [1.54, 1.807) is 11.3 Å². The Kier molecular flexibility index (Phi) is 2.49. The number of hydrogen-bond acceptors (Lipinski definition) is 4. The van der Waals surface area contributed by atoms with Gasteiger partial charge in [0.1, 0.15) is 12.1 Å². The molecule has 0 atom stereocenters. The van der Waals surface area contributed by atoms with Crippen LogP contribution in [-0.4, -0.2) is 9.97 Å². The minimum absolute atomic E-state index is 0.569. The fraction of sp³-hybridized carbons (Fsp3) is 0.0769. The molecule has 0 aliphatic carbocycles. The lowest BCUT2D eigenvalue weighted by Crippen LogP contribution is -1.89. The van der Waals surface area contributed by atoms with Gasteiger partial charge >= 0.3 is 0 Å². The summed E-state index contributed by atoms with van der Waals surface area (Å²) in [5.74, 6) is 0.569. The van der Waals surface area contributed by atoms with E-state index in [1.165, 1.54) is 16.8 Å². The van der Waals surface area contributed by atoms with Crippen LogP contribution in [0.1, 0.15) is 10.4 Å². The molecular weight excluding hydrogens is 230 g/mol. The lowest BCUT2D eigenvalue weighted by Gasteiger charge is -1.96. The van der Waals surface area contributed by atoms with Crippen LogP contribution in [0.15, 0.2) is 42.7 Å². The third-order valence-corrected chi connectivity index (χ3v) is 3.76. The molecule has 0 unspecified atom stereocenters. The molecule has 2 heterocycles. The number of fused-ring (bicyclic) bond motifs is 1. The van der Waals surface area contributed by atoms with Gasteiger partial charge in [0.25, 0.3) is 0 Å². The molecule has 0 amide bonds. The minimum atomic E-state index is 0.569. The molecular formula is C13H11N3S. The van der Waals surface area contributed by atoms with Crippen LogP contribution in [0.5, 0.6) is 0 Å². The third kappa shape index (κ3) is 1.99. The van der Waals surface area contributed by atoms with Crippen LogP contribution in [0.25, 0.3) is 10.2 Å². The summed E-state index contributed by atoms with van der Waals surface area (Å²) in [6, 6.07) is 12.5. The maximum absolute atomic E-state index is 5.82. The second-order valence-electron chi connectivity index (χ2n) is 3.85. The highest BCUT2D eigenvalue weighted by molar-refractivity contribution is 7.19. The zero-order valence-electron chi connectivity index (χ0n) is 9.13. The topological polar surface area (TPSA) is 51.8 Å². The summed E-state index contributed by atoms with van der Waals surface area (Å²) in [6.07, 6.45) is 2.43. The molecule has 0 saturated heterocycles. The number of benzene rings is 1. The lowest BCUT2D eigenvalue weighted by molar-refractivity contribution is 1.22. The summed E-state index contributed by atoms with van der Waals surface area (Å²) in [7, 11) is 0. The molecule has 3 rings (SSSR count). The SMILES string of the molecule is Nc1ncnc2cc(Cc3ccccc3)sc12. The second kappa shape index (κ2) is 4.14. The van der Waals surface area contributed by atoms with Crippen LogP contribution in [0.2, 0.25) is 0 Å². The Morgan fingerprint density at radius 1 is 1.12 bits per heavy atom. The Balaban J connectivity index is 1.99. The molecule has 2 aromatic heterocycles. The molecule has 0 aliphatic heterocycles. The molecule has 2 N–H and O–H groups in total. The molecule has 0 radical (unpaired) electrons. The molecule has 0 fully saturated rings. The van der Waals surface area contributed by atoms with E-state index in [1.807, 2.05) is 6.07 Å². The minimum Gasteiger partial charge on any atom is -0.382 e. The van der Waals surface area contributed by atoms with E-state index < -0.39 is 0 Å². The van der Waals surface area contributed by atoms with Crippen LogP contribution in [0.4, 0.5) is 5.82 Å². The molecule has 17 heavy (non-hydrogen) atoms. The van der Waals surface area contributed by atoms with Crippen LogP contribution < -0.4 is 5.73 Å². The lowest BCUT2D eigenvalue weighted by atomic mass is 10.1. The normalized spacial score (nSPS) is 10.8. The van der Waals surface area contributed by atoms with Gasteiger partial charge in [-0.15, -0.1) is 11.3 Å². The van der Waals surface area contributed by atoms with Crippen molar-refractivity contribution < 1.29 is 0 Å². The Morgan fingerprint density at radius 2 is 1.94 bits per heavy atom. The average molecular weight is 241 g/mol. The predicted octanol–water partition coefficient (Wildman–Crippen LogP) is 2.86. The number of rotatable bonds is 2. The first-order valence-corrected chi connectivity index (χ1v) is 6.17. The van der Waals surface area contributed by atoms with Crippen molar-refractivity contribution in [2.45, 2.75) is 6.42 Å². The van der Waals surface area contributed by atoms with Crippen molar-refractivity contribution in [1.82, 2.24) is 9.97 Å². The van der Waals surface area contributed by atoms with Gasteiger partial charge in [-0.2, -0.15) is 0 Å². The highest BCUT2D eigenvalue weighted by Crippen LogP contribution is 2.28. The van der Waals surface area contributed by atoms with E-state index in [-0.39, 0.29) is 0 Å². The largest absolute Gasteiger partial charge is 0.382 e. The van der Waals surface area contributed by atoms with Gasteiger partial charge in [-0.25, -0.2) is 9.97 Å². The molecule has 0 bridgehead atoms. The Morgan fingerprint density at radius 3 is 2.71 bits per heavy atom. The summed E-state index contributed by atoms with van der Waals surface area (Å²) >= 11 is 1.67. The van der Waals surface area contributed by atoms with E-state index in [0.717, 1.165) is 16.6 Å². The Hall–Kier alpha value is -1.94. The standard InChI is InChI=1S/C13H11N3S/c14-13-12-11(15-8-16-13)7-10(17-12)6-9-4-2-1-3-5-9/h1-5,7-8H,6H2,(H2,14,15,16). The fourth-order valence-corrected chi connectivity index (χ4v) is 2.85. The number of nitrogens with zero attached hydrogens (tertiary/aromatic N) is 2. The third-order valence-electron chi connectivity index (χ3n) is 2.61. The smallest absolute Gasteiger partial charge is 0.144 e. The van der Waals surface area contributed by atoms with Crippen LogP contribution in [0.3, 0.4) is 0 Å². The van der Waals surface area contributed by atoms with Crippen molar-refractivity contribution in [2.75, 3.05) is 5.73 Å². The van der Waals surface area contributed by atoms with Gasteiger partial charge in [-0.05, 0) is 11.6 Å². The fourth-order valence-electron chi connectivity index (χ4n) is 1.81. The van der Waals surface area contributed by atoms with Crippen molar-refractivity contribution in [3.63, 3.8) is 0 Å². The van der Waals surface area contributed by atoms with Crippen molar-refractivity contribution in [2.24, 2.45) is 0 Å². The number of hydrogen-bond donors (Lipinski definition) is 1. The van der Waals surface area contributed by atoms with Crippen molar-refractivity contribution >= 4 is 27.4 Å². The van der Waals surface area contributed by atoms with E-state index in [4.69, 9.17) is 5.73 Å². The Bertz CT molecular complexity index is 646. The monoisotopic (exact) mass is 241 g/mol. The van der Waals surface area contributed by atoms with Gasteiger partial charge in [-0.3, -0.25) is 0 Å². The summed E-state index contributed by atoms with van der Waals surface area (Å²) in [6.45, 7) is 0. The quantitative estimate of drug-likeness (QED) is 0.750. The molecule has 3 nitrogen and oxygen atoms in total. The number of nitrogens with two attached hydrogens (primary N) is 1. The van der Waals surface area contributed by atoms with Crippen molar-refractivity contribution in [1.29, 1.82) is 0 Å². The number of nitrogen functional groups attached to an aromatic ring is 1. The van der Waals surface area contributed by atoms with Gasteiger partial charge in [0, 0.05) is 11.3 Å². The molecule has 4 heteroatoms. The average Bonchev–Trinajstić information content (AvgIpc) is 2.74. The summed E-state index contributed by atoms with van der Waals surface area (Å²) in [5, 5.41) is 0. The van der Waals surface area contributed by atoms with E-state index in [9.17, 15) is 0 Å². The highest BCUT2D eigenvalue weighted by atomic mass is 32.1. The molecule has 84 valence electrons. The van der Waals surface area contributed by atoms with Gasteiger partial charge in [0.05, 0.1) is 10.2 Å². The second-order valence-corrected chi connectivity index (χ2v) is 4.99. The molecule has 0 aliphatic rings. The van der Waals surface area contributed by atoms with Crippen LogP contribution in [-0.2, 0) is 6.42 Å². The van der Waals surface area contributed by atoms with E-state index in [2.05, 4.69) is 40.3 Å². The van der Waals surface area contributed by atoms with Gasteiger partial charge < -0.3 is 5.73 Å². The first kappa shape index (κ1) is 10.2. The van der Waals surface area contributed by atoms with E-state index >= 15 is 0 Å². The number of aromatic nitrogens is 2. The first-order chi connectivity index (χ1) is 8.33. The summed E-state index contributed by atoms with van der Waals surface area (Å²) in [5.41, 5.74) is 8.06. The van der Waals surface area contributed by atoms with Crippen LogP contribution >= 0.6 is 11.3 Å². The maximum atomic E-state index is 5.82. The van der Waals surface area contributed by atoms with Gasteiger partial charge in [0.2, 0.25) is 0 Å². The van der Waals surface area contributed by atoms with E-state index in [0.29, 0.717) is 5.82 Å². The number of thiophene rings is 1. The molecule has 1 aromatic carbocycles. The van der Waals surface area contributed by atoms with Crippen molar-refractivity contribution in [3.8, 4) is 0 Å². The molecule has 3 aromatic rings. The number of anilines is 1. The zero-order chi connectivity index (χ0) is 11.7. The van der Waals surface area contributed by atoms with Crippen molar-refractivity contribution in [3.05, 3.63) is 53.2 Å². The van der Waals surface area contributed by atoms with Gasteiger partial charge in [0.15, 0.2) is 0 Å². The van der Waals surface area contributed by atoms with Gasteiger partial charge in [-0.1, -0.05) is 30.3 Å². The Labute approximate surface area is 103 Å². The predicted molar refractivity (Wildman–Crippen MR) is 71.1 cm³/mol. The zero-order valence-corrected chi connectivity index (χ0v) is 9.95. The molecule has 0 saturated carbocycles.